The lowest BCUT2D eigenvalue weighted by Crippen LogP contribution is -2.10. The number of imidazole rings is 1. The van der Waals surface area contributed by atoms with Crippen molar-refractivity contribution in [3.63, 3.8) is 0 Å². The van der Waals surface area contributed by atoms with Crippen LogP contribution in [-0.4, -0.2) is 38.3 Å². The van der Waals surface area contributed by atoms with E-state index in [-0.39, 0.29) is 5.82 Å². The van der Waals surface area contributed by atoms with E-state index in [1.54, 1.807) is 18.3 Å². The molecular weight excluding hydrogens is 365 g/mol. The van der Waals surface area contributed by atoms with Gasteiger partial charge in [0.2, 0.25) is 0 Å². The van der Waals surface area contributed by atoms with Gasteiger partial charge >= 0.3 is 0 Å². The summed E-state index contributed by atoms with van der Waals surface area (Å²) in [6.45, 7) is 2.94. The Morgan fingerprint density at radius 2 is 1.83 bits per heavy atom. The van der Waals surface area contributed by atoms with E-state index in [4.69, 9.17) is 9.97 Å². The Kier molecular flexibility index (Phi) is 5.36. The van der Waals surface area contributed by atoms with Gasteiger partial charge in [-0.05, 0) is 68.5 Å². The van der Waals surface area contributed by atoms with E-state index in [1.807, 2.05) is 26.4 Å². The summed E-state index contributed by atoms with van der Waals surface area (Å²) in [5, 5.41) is 0. The molecule has 148 valence electrons. The lowest BCUT2D eigenvalue weighted by atomic mass is 10.1. The van der Waals surface area contributed by atoms with Crippen molar-refractivity contribution in [1.29, 1.82) is 0 Å². The van der Waals surface area contributed by atoms with E-state index in [0.717, 1.165) is 53.5 Å². The molecule has 0 aliphatic rings. The lowest BCUT2D eigenvalue weighted by molar-refractivity contribution is 0.402. The summed E-state index contributed by atoms with van der Waals surface area (Å²) < 4.78 is 15.5. The van der Waals surface area contributed by atoms with Gasteiger partial charge in [-0.25, -0.2) is 19.3 Å². The van der Waals surface area contributed by atoms with Gasteiger partial charge in [-0.15, -0.1) is 0 Å². The second kappa shape index (κ2) is 8.09. The number of halogens is 1. The van der Waals surface area contributed by atoms with Crippen molar-refractivity contribution in [2.45, 2.75) is 26.3 Å². The molecule has 3 heterocycles. The van der Waals surface area contributed by atoms with Crippen LogP contribution in [0.4, 0.5) is 4.39 Å². The number of benzene rings is 1. The normalized spacial score (nSPS) is 11.5. The summed E-state index contributed by atoms with van der Waals surface area (Å²) in [5.41, 5.74) is 5.37. The molecule has 0 unspecified atom stereocenters. The predicted octanol–water partition coefficient (Wildman–Crippen LogP) is 4.61. The zero-order valence-electron chi connectivity index (χ0n) is 16.9. The van der Waals surface area contributed by atoms with Crippen LogP contribution in [0.15, 0.2) is 54.9 Å². The molecule has 6 heteroatoms. The molecular formula is C23H24FN5. The minimum atomic E-state index is -0.264. The molecule has 0 bridgehead atoms. The smallest absolute Gasteiger partial charge is 0.138 e. The third kappa shape index (κ3) is 4.03. The number of hydrogen-bond acceptors (Lipinski definition) is 4. The van der Waals surface area contributed by atoms with Crippen molar-refractivity contribution < 1.29 is 4.39 Å². The van der Waals surface area contributed by atoms with Gasteiger partial charge in [0.25, 0.3) is 0 Å². The fourth-order valence-electron chi connectivity index (χ4n) is 3.48. The summed E-state index contributed by atoms with van der Waals surface area (Å²) >= 11 is 0. The van der Waals surface area contributed by atoms with Crippen LogP contribution in [0.5, 0.6) is 0 Å². The van der Waals surface area contributed by atoms with Crippen molar-refractivity contribution in [3.8, 4) is 22.6 Å². The highest BCUT2D eigenvalue weighted by atomic mass is 19.1. The highest BCUT2D eigenvalue weighted by Gasteiger charge is 2.18. The molecule has 0 saturated heterocycles. The standard InChI is InChI=1S/C23H24FN5/c1-4-5-20-25-12-10-19(26-20)23-22(17-6-8-18(24)9-7-17)27-21-14-16(15-28(2)3)11-13-29(21)23/h6-14H,4-5,15H2,1-3H3. The van der Waals surface area contributed by atoms with Crippen LogP contribution in [0.3, 0.4) is 0 Å². The van der Waals surface area contributed by atoms with Crippen LogP contribution in [0.1, 0.15) is 24.7 Å². The quantitative estimate of drug-likeness (QED) is 0.483. The summed E-state index contributed by atoms with van der Waals surface area (Å²) in [6, 6.07) is 12.5. The van der Waals surface area contributed by atoms with Crippen LogP contribution >= 0.6 is 0 Å². The molecule has 0 radical (unpaired) electrons. The third-order valence-corrected chi connectivity index (χ3v) is 4.73. The highest BCUT2D eigenvalue weighted by Crippen LogP contribution is 2.32. The van der Waals surface area contributed by atoms with E-state index < -0.39 is 0 Å². The maximum Gasteiger partial charge on any atom is 0.138 e. The average molecular weight is 389 g/mol. The summed E-state index contributed by atoms with van der Waals surface area (Å²) in [4.78, 5) is 16.2. The number of fused-ring (bicyclic) bond motifs is 1. The van der Waals surface area contributed by atoms with Gasteiger partial charge in [-0.3, -0.25) is 4.40 Å². The molecule has 0 amide bonds. The van der Waals surface area contributed by atoms with E-state index >= 15 is 0 Å². The molecule has 0 aliphatic heterocycles. The van der Waals surface area contributed by atoms with Gasteiger partial charge in [0.1, 0.15) is 17.3 Å². The fraction of sp³-hybridized carbons (Fsp3) is 0.261. The van der Waals surface area contributed by atoms with Gasteiger partial charge in [-0.1, -0.05) is 6.92 Å². The molecule has 5 nitrogen and oxygen atoms in total. The van der Waals surface area contributed by atoms with Crippen LogP contribution in [0.25, 0.3) is 28.3 Å². The van der Waals surface area contributed by atoms with Crippen LogP contribution in [0, 0.1) is 5.82 Å². The zero-order chi connectivity index (χ0) is 20.4. The Morgan fingerprint density at radius 1 is 1.03 bits per heavy atom. The van der Waals surface area contributed by atoms with Crippen molar-refractivity contribution in [3.05, 3.63) is 72.1 Å². The van der Waals surface area contributed by atoms with Gasteiger partial charge in [0, 0.05) is 30.9 Å². The minimum Gasteiger partial charge on any atom is -0.305 e. The second-order valence-electron chi connectivity index (χ2n) is 7.42. The van der Waals surface area contributed by atoms with Crippen molar-refractivity contribution in [2.24, 2.45) is 0 Å². The molecule has 0 fully saturated rings. The first-order valence-corrected chi connectivity index (χ1v) is 9.79. The molecule has 0 atom stereocenters. The summed E-state index contributed by atoms with van der Waals surface area (Å²) in [6.07, 6.45) is 5.63. The van der Waals surface area contributed by atoms with Gasteiger partial charge in [-0.2, -0.15) is 0 Å². The Labute approximate surface area is 169 Å². The van der Waals surface area contributed by atoms with Crippen LogP contribution < -0.4 is 0 Å². The Morgan fingerprint density at radius 3 is 2.55 bits per heavy atom. The lowest BCUT2D eigenvalue weighted by Gasteiger charge is -2.10. The molecule has 0 saturated carbocycles. The van der Waals surface area contributed by atoms with Crippen LogP contribution in [0.2, 0.25) is 0 Å². The minimum absolute atomic E-state index is 0.264. The molecule has 0 spiro atoms. The van der Waals surface area contributed by atoms with E-state index in [1.165, 1.54) is 17.7 Å². The topological polar surface area (TPSA) is 46.3 Å². The summed E-state index contributed by atoms with van der Waals surface area (Å²) in [7, 11) is 4.09. The van der Waals surface area contributed by atoms with Gasteiger partial charge in [0.05, 0.1) is 17.1 Å². The molecule has 0 N–H and O–H groups in total. The molecule has 0 aliphatic carbocycles. The van der Waals surface area contributed by atoms with E-state index in [2.05, 4.69) is 33.3 Å². The first kappa shape index (κ1) is 19.2. The molecule has 3 aromatic heterocycles. The fourth-order valence-corrected chi connectivity index (χ4v) is 3.48. The predicted molar refractivity (Wildman–Crippen MR) is 113 cm³/mol. The number of hydrogen-bond donors (Lipinski definition) is 0. The molecule has 29 heavy (non-hydrogen) atoms. The zero-order valence-corrected chi connectivity index (χ0v) is 16.9. The first-order chi connectivity index (χ1) is 14.0. The van der Waals surface area contributed by atoms with Crippen molar-refractivity contribution in [2.75, 3.05) is 14.1 Å². The largest absolute Gasteiger partial charge is 0.305 e. The Balaban J connectivity index is 1.93. The first-order valence-electron chi connectivity index (χ1n) is 9.79. The van der Waals surface area contributed by atoms with Crippen LogP contribution in [-0.2, 0) is 13.0 Å². The summed E-state index contributed by atoms with van der Waals surface area (Å²) in [5.74, 6) is 0.550. The maximum absolute atomic E-state index is 13.5. The Hall–Kier alpha value is -3.12. The second-order valence-corrected chi connectivity index (χ2v) is 7.42. The Bertz CT molecular complexity index is 1130. The molecule has 4 aromatic rings. The molecule has 4 rings (SSSR count). The molecule has 1 aromatic carbocycles. The van der Waals surface area contributed by atoms with Gasteiger partial charge in [0.15, 0.2) is 0 Å². The number of nitrogens with zero attached hydrogens (tertiary/aromatic N) is 5. The van der Waals surface area contributed by atoms with E-state index in [9.17, 15) is 4.39 Å². The maximum atomic E-state index is 13.5. The number of rotatable bonds is 6. The number of aromatic nitrogens is 4. The number of pyridine rings is 1. The van der Waals surface area contributed by atoms with E-state index in [0.29, 0.717) is 0 Å². The monoisotopic (exact) mass is 389 g/mol. The number of aryl methyl sites for hydroxylation is 1. The highest BCUT2D eigenvalue weighted by molar-refractivity contribution is 5.80. The van der Waals surface area contributed by atoms with Gasteiger partial charge < -0.3 is 4.90 Å². The van der Waals surface area contributed by atoms with Crippen molar-refractivity contribution in [1.82, 2.24) is 24.3 Å². The van der Waals surface area contributed by atoms with Crippen molar-refractivity contribution >= 4 is 5.65 Å². The third-order valence-electron chi connectivity index (χ3n) is 4.73. The average Bonchev–Trinajstić information content (AvgIpc) is 3.07. The SMILES string of the molecule is CCCc1nccc(-c2c(-c3ccc(F)cc3)nc3cc(CN(C)C)ccn23)n1.